The van der Waals surface area contributed by atoms with Crippen molar-refractivity contribution in [3.63, 3.8) is 0 Å². The van der Waals surface area contributed by atoms with Crippen molar-refractivity contribution in [2.24, 2.45) is 0 Å². The first-order valence-corrected chi connectivity index (χ1v) is 12.1. The van der Waals surface area contributed by atoms with Crippen LogP contribution in [0.1, 0.15) is 64.2 Å². The molecule has 5 nitrogen and oxygen atoms in total. The van der Waals surface area contributed by atoms with E-state index in [0.29, 0.717) is 29.7 Å². The van der Waals surface area contributed by atoms with Crippen LogP contribution in [0, 0.1) is 13.8 Å². The molecule has 35 heavy (non-hydrogen) atoms. The standard InChI is InChI=1S/C30H29NO4/c1-4-5-14-34-23-13-9-12-22(17-23)26-25-27(32)24-16-19(2)15-20(3)28(24)35-29(25)30(33)31(26)18-21-10-7-6-8-11-21/h6-13,15-17,26H,4-5,14,18H2,1-3H3. The third kappa shape index (κ3) is 4.23. The lowest BCUT2D eigenvalue weighted by Gasteiger charge is -2.25. The van der Waals surface area contributed by atoms with Gasteiger partial charge < -0.3 is 14.1 Å². The topological polar surface area (TPSA) is 59.8 Å². The third-order valence-corrected chi connectivity index (χ3v) is 6.53. The highest BCUT2D eigenvalue weighted by atomic mass is 16.5. The van der Waals surface area contributed by atoms with Crippen molar-refractivity contribution in [2.45, 2.75) is 46.2 Å². The van der Waals surface area contributed by atoms with E-state index in [-0.39, 0.29) is 17.1 Å². The van der Waals surface area contributed by atoms with Crippen LogP contribution in [0.25, 0.3) is 11.0 Å². The van der Waals surface area contributed by atoms with Crippen LogP contribution in [0.2, 0.25) is 0 Å². The Morgan fingerprint density at radius 3 is 2.54 bits per heavy atom. The molecule has 1 aromatic heterocycles. The van der Waals surface area contributed by atoms with Gasteiger partial charge in [0.05, 0.1) is 23.6 Å². The smallest absolute Gasteiger partial charge is 0.291 e. The molecule has 0 fully saturated rings. The highest BCUT2D eigenvalue weighted by molar-refractivity contribution is 5.99. The lowest BCUT2D eigenvalue weighted by atomic mass is 9.97. The van der Waals surface area contributed by atoms with Gasteiger partial charge in [-0.25, -0.2) is 0 Å². The molecular weight excluding hydrogens is 438 g/mol. The maximum atomic E-state index is 13.9. The lowest BCUT2D eigenvalue weighted by molar-refractivity contribution is 0.0714. The SMILES string of the molecule is CCCCOc1cccc(C2c3c(oc4c(C)cc(C)cc4c3=O)C(=O)N2Cc2ccccc2)c1. The van der Waals surface area contributed by atoms with Gasteiger partial charge in [-0.3, -0.25) is 9.59 Å². The van der Waals surface area contributed by atoms with E-state index in [1.54, 1.807) is 4.90 Å². The fourth-order valence-corrected chi connectivity index (χ4v) is 4.87. The fourth-order valence-electron chi connectivity index (χ4n) is 4.87. The Morgan fingerprint density at radius 2 is 1.77 bits per heavy atom. The summed E-state index contributed by atoms with van der Waals surface area (Å²) in [6.45, 7) is 6.97. The van der Waals surface area contributed by atoms with Crippen LogP contribution in [-0.4, -0.2) is 17.4 Å². The zero-order chi connectivity index (χ0) is 24.5. The number of benzene rings is 3. The molecule has 0 aliphatic carbocycles. The number of hydrogen-bond donors (Lipinski definition) is 0. The molecule has 0 saturated carbocycles. The van der Waals surface area contributed by atoms with E-state index in [1.807, 2.05) is 80.6 Å². The summed E-state index contributed by atoms with van der Waals surface area (Å²) in [5.41, 5.74) is 4.36. The highest BCUT2D eigenvalue weighted by Crippen LogP contribution is 2.40. The van der Waals surface area contributed by atoms with E-state index in [1.165, 1.54) is 0 Å². The molecule has 1 atom stereocenters. The average molecular weight is 468 g/mol. The Bertz CT molecular complexity index is 1450. The van der Waals surface area contributed by atoms with Crippen LogP contribution in [0.4, 0.5) is 0 Å². The van der Waals surface area contributed by atoms with Crippen LogP contribution in [-0.2, 0) is 6.54 Å². The largest absolute Gasteiger partial charge is 0.494 e. The minimum absolute atomic E-state index is 0.132. The first-order chi connectivity index (χ1) is 17.0. The third-order valence-electron chi connectivity index (χ3n) is 6.53. The summed E-state index contributed by atoms with van der Waals surface area (Å²) in [5, 5.41) is 0.510. The van der Waals surface area contributed by atoms with E-state index in [0.717, 1.165) is 40.8 Å². The van der Waals surface area contributed by atoms with Gasteiger partial charge >= 0.3 is 0 Å². The molecule has 178 valence electrons. The molecule has 0 spiro atoms. The molecule has 0 N–H and O–H groups in total. The molecule has 2 heterocycles. The summed E-state index contributed by atoms with van der Waals surface area (Å²) < 4.78 is 12.1. The number of carbonyl (C=O) groups excluding carboxylic acids is 1. The number of ether oxygens (including phenoxy) is 1. The zero-order valence-corrected chi connectivity index (χ0v) is 20.3. The fraction of sp³-hybridized carbons (Fsp3) is 0.267. The Labute approximate surface area is 205 Å². The van der Waals surface area contributed by atoms with Crippen LogP contribution < -0.4 is 10.2 Å². The summed E-state index contributed by atoms with van der Waals surface area (Å²) in [6.07, 6.45) is 2.01. The van der Waals surface area contributed by atoms with Gasteiger partial charge in [0, 0.05) is 6.54 Å². The van der Waals surface area contributed by atoms with Crippen LogP contribution in [0.3, 0.4) is 0 Å². The van der Waals surface area contributed by atoms with Crippen molar-refractivity contribution < 1.29 is 13.9 Å². The number of amides is 1. The molecule has 5 rings (SSSR count). The quantitative estimate of drug-likeness (QED) is 0.298. The number of rotatable bonds is 7. The molecule has 1 unspecified atom stereocenters. The van der Waals surface area contributed by atoms with E-state index in [9.17, 15) is 9.59 Å². The van der Waals surface area contributed by atoms with Gasteiger partial charge in [0.1, 0.15) is 11.3 Å². The molecule has 0 bridgehead atoms. The van der Waals surface area contributed by atoms with Gasteiger partial charge in [-0.1, -0.05) is 61.9 Å². The molecule has 5 heteroatoms. The molecule has 1 aliphatic heterocycles. The zero-order valence-electron chi connectivity index (χ0n) is 20.3. The number of aryl methyl sites for hydroxylation is 2. The maximum Gasteiger partial charge on any atom is 0.291 e. The summed E-state index contributed by atoms with van der Waals surface area (Å²) in [5.74, 6) is 0.589. The number of carbonyl (C=O) groups is 1. The van der Waals surface area contributed by atoms with Crippen molar-refractivity contribution in [3.8, 4) is 5.75 Å². The summed E-state index contributed by atoms with van der Waals surface area (Å²) >= 11 is 0. The molecule has 1 aliphatic rings. The number of fused-ring (bicyclic) bond motifs is 2. The molecule has 1 amide bonds. The minimum atomic E-state index is -0.561. The predicted molar refractivity (Wildman–Crippen MR) is 137 cm³/mol. The van der Waals surface area contributed by atoms with Gasteiger partial charge in [0.2, 0.25) is 5.76 Å². The van der Waals surface area contributed by atoms with Gasteiger partial charge in [-0.15, -0.1) is 0 Å². The normalized spacial score (nSPS) is 15.0. The Balaban J connectivity index is 1.68. The molecule has 0 saturated heterocycles. The number of unbranched alkanes of at least 4 members (excludes halogenated alkanes) is 1. The second-order valence-electron chi connectivity index (χ2n) is 9.23. The van der Waals surface area contributed by atoms with Gasteiger partial charge in [0.15, 0.2) is 5.43 Å². The minimum Gasteiger partial charge on any atom is -0.494 e. The molecule has 0 radical (unpaired) electrons. The van der Waals surface area contributed by atoms with E-state index >= 15 is 0 Å². The highest BCUT2D eigenvalue weighted by Gasteiger charge is 2.43. The van der Waals surface area contributed by atoms with Crippen LogP contribution >= 0.6 is 0 Å². The average Bonchev–Trinajstić information content (AvgIpc) is 3.13. The Kier molecular flexibility index (Phi) is 6.16. The van der Waals surface area contributed by atoms with Gasteiger partial charge in [-0.2, -0.15) is 0 Å². The summed E-state index contributed by atoms with van der Waals surface area (Å²) in [4.78, 5) is 29.3. The van der Waals surface area contributed by atoms with Gasteiger partial charge in [-0.05, 0) is 60.7 Å². The van der Waals surface area contributed by atoms with Crippen molar-refractivity contribution in [2.75, 3.05) is 6.61 Å². The monoisotopic (exact) mass is 467 g/mol. The molecular formula is C30H29NO4. The van der Waals surface area contributed by atoms with Crippen molar-refractivity contribution in [1.29, 1.82) is 0 Å². The lowest BCUT2D eigenvalue weighted by Crippen LogP contribution is -2.29. The first-order valence-electron chi connectivity index (χ1n) is 12.1. The molecule has 3 aromatic carbocycles. The van der Waals surface area contributed by atoms with E-state index < -0.39 is 6.04 Å². The Morgan fingerprint density at radius 1 is 0.971 bits per heavy atom. The second-order valence-corrected chi connectivity index (χ2v) is 9.23. The first kappa shape index (κ1) is 22.9. The van der Waals surface area contributed by atoms with Gasteiger partial charge in [0.25, 0.3) is 5.91 Å². The second kappa shape index (κ2) is 9.41. The maximum absolute atomic E-state index is 13.9. The van der Waals surface area contributed by atoms with Crippen molar-refractivity contribution in [3.05, 3.63) is 111 Å². The van der Waals surface area contributed by atoms with Crippen molar-refractivity contribution in [1.82, 2.24) is 4.90 Å². The van der Waals surface area contributed by atoms with Crippen LogP contribution in [0.15, 0.2) is 75.9 Å². The van der Waals surface area contributed by atoms with E-state index in [4.69, 9.17) is 9.15 Å². The molecule has 4 aromatic rings. The number of nitrogens with zero attached hydrogens (tertiary/aromatic N) is 1. The van der Waals surface area contributed by atoms with E-state index in [2.05, 4.69) is 6.92 Å². The van der Waals surface area contributed by atoms with Crippen molar-refractivity contribution >= 4 is 16.9 Å². The summed E-state index contributed by atoms with van der Waals surface area (Å²) in [7, 11) is 0. The summed E-state index contributed by atoms with van der Waals surface area (Å²) in [6, 6.07) is 20.8. The predicted octanol–water partition coefficient (Wildman–Crippen LogP) is 6.33. The van der Waals surface area contributed by atoms with Crippen LogP contribution in [0.5, 0.6) is 5.75 Å². The Hall–Kier alpha value is -3.86. The number of hydrogen-bond acceptors (Lipinski definition) is 4.